The summed E-state index contributed by atoms with van der Waals surface area (Å²) in [4.78, 5) is 25.1. The molecule has 0 aromatic carbocycles. The van der Waals surface area contributed by atoms with Crippen LogP contribution in [0.1, 0.15) is 55.4 Å². The van der Waals surface area contributed by atoms with Crippen LogP contribution in [0.25, 0.3) is 0 Å². The van der Waals surface area contributed by atoms with Crippen LogP contribution in [0.4, 0.5) is 0 Å². The molecule has 2 atom stereocenters. The number of hydrogen-bond acceptors (Lipinski definition) is 8. The molecule has 9 heteroatoms. The number of carbonyl (C=O) groups excluding carboxylic acids is 2. The topological polar surface area (TPSA) is 89.5 Å². The standard InChI is InChI=1S/C17H33O8P/c1-9-20-15(21-10-2)26(22-11-3,23-12-4)24-16(7,13(5)18)17(8,25-26)14(6)19/h15H,9-12H2,1-8H3. The van der Waals surface area contributed by atoms with Gasteiger partial charge in [0.2, 0.25) is 0 Å². The Balaban J connectivity index is 3.76. The summed E-state index contributed by atoms with van der Waals surface area (Å²) in [5, 5.41) is 0. The van der Waals surface area contributed by atoms with Crippen molar-refractivity contribution in [3.8, 4) is 0 Å². The minimum absolute atomic E-state index is 0.149. The van der Waals surface area contributed by atoms with E-state index >= 15 is 0 Å². The van der Waals surface area contributed by atoms with Gasteiger partial charge in [0.1, 0.15) is 0 Å². The molecule has 0 radical (unpaired) electrons. The van der Waals surface area contributed by atoms with Gasteiger partial charge in [-0.2, -0.15) is 0 Å². The molecule has 8 nitrogen and oxygen atoms in total. The molecule has 0 aliphatic carbocycles. The number of ether oxygens (including phenoxy) is 2. The summed E-state index contributed by atoms with van der Waals surface area (Å²) in [6.45, 7) is 13.6. The van der Waals surface area contributed by atoms with Crippen LogP contribution in [-0.2, 0) is 37.2 Å². The zero-order valence-corrected chi connectivity index (χ0v) is 18.0. The Bertz CT molecular complexity index is 495. The van der Waals surface area contributed by atoms with Crippen molar-refractivity contribution in [1.82, 2.24) is 0 Å². The molecule has 2 unspecified atom stereocenters. The van der Waals surface area contributed by atoms with Gasteiger partial charge >= 0.3 is 155 Å². The van der Waals surface area contributed by atoms with Crippen molar-refractivity contribution in [3.05, 3.63) is 0 Å². The van der Waals surface area contributed by atoms with Crippen molar-refractivity contribution in [2.75, 3.05) is 26.4 Å². The van der Waals surface area contributed by atoms with E-state index in [1.54, 1.807) is 27.7 Å². The van der Waals surface area contributed by atoms with Crippen LogP contribution < -0.4 is 0 Å². The Hall–Kier alpha value is -0.470. The molecule has 0 N–H and O–H groups in total. The Morgan fingerprint density at radius 1 is 0.808 bits per heavy atom. The molecule has 0 saturated carbocycles. The number of Topliss-reactive ketones (excluding diaryl/α,β-unsaturated/α-hetero) is 2. The third-order valence-corrected chi connectivity index (χ3v) is 8.46. The number of hydrogen-bond donors (Lipinski definition) is 0. The first kappa shape index (κ1) is 23.6. The minimum atomic E-state index is -4.64. The van der Waals surface area contributed by atoms with Crippen LogP contribution >= 0.6 is 7.51 Å². The third-order valence-electron chi connectivity index (χ3n) is 4.63. The van der Waals surface area contributed by atoms with Gasteiger partial charge in [-0.05, 0) is 0 Å². The van der Waals surface area contributed by atoms with Gasteiger partial charge in [0.25, 0.3) is 0 Å². The normalized spacial score (nSPS) is 31.5. The van der Waals surface area contributed by atoms with Crippen molar-refractivity contribution < 1.29 is 37.2 Å². The van der Waals surface area contributed by atoms with E-state index in [2.05, 4.69) is 0 Å². The average Bonchev–Trinajstić information content (AvgIpc) is 2.76. The van der Waals surface area contributed by atoms with E-state index in [0.29, 0.717) is 0 Å². The second-order valence-corrected chi connectivity index (χ2v) is 9.32. The fourth-order valence-electron chi connectivity index (χ4n) is 3.04. The maximum atomic E-state index is 12.5. The zero-order valence-electron chi connectivity index (χ0n) is 17.1. The van der Waals surface area contributed by atoms with Crippen LogP contribution in [0.15, 0.2) is 0 Å². The summed E-state index contributed by atoms with van der Waals surface area (Å²) < 4.78 is 36.0. The predicted molar refractivity (Wildman–Crippen MR) is 97.6 cm³/mol. The van der Waals surface area contributed by atoms with E-state index in [1.807, 2.05) is 0 Å². The van der Waals surface area contributed by atoms with Crippen LogP contribution in [0, 0.1) is 0 Å². The molecule has 0 amide bonds. The van der Waals surface area contributed by atoms with E-state index in [1.165, 1.54) is 27.7 Å². The fraction of sp³-hybridized carbons (Fsp3) is 0.882. The van der Waals surface area contributed by atoms with Gasteiger partial charge in [-0.25, -0.2) is 0 Å². The second-order valence-electron chi connectivity index (χ2n) is 6.28. The van der Waals surface area contributed by atoms with E-state index in [4.69, 9.17) is 27.6 Å². The average molecular weight is 396 g/mol. The SMILES string of the molecule is CCOC(OCC)P1(OCC)(OCC)OC(C)(C(C)=O)C(C)(C(C)=O)O1. The quantitative estimate of drug-likeness (QED) is 0.388. The van der Waals surface area contributed by atoms with E-state index in [9.17, 15) is 9.59 Å². The molecule has 1 aliphatic rings. The molecule has 0 aromatic heterocycles. The molecule has 1 saturated heterocycles. The molecule has 1 heterocycles. The van der Waals surface area contributed by atoms with Crippen molar-refractivity contribution in [2.45, 2.75) is 72.6 Å². The Kier molecular flexibility index (Phi) is 7.49. The molecule has 1 fully saturated rings. The molecule has 0 bridgehead atoms. The molecule has 0 spiro atoms. The van der Waals surface area contributed by atoms with Crippen LogP contribution in [0.3, 0.4) is 0 Å². The predicted octanol–water partition coefficient (Wildman–Crippen LogP) is 3.37. The summed E-state index contributed by atoms with van der Waals surface area (Å²) >= 11 is 0. The molecule has 0 aromatic rings. The van der Waals surface area contributed by atoms with Gasteiger partial charge in [0, 0.05) is 0 Å². The Morgan fingerprint density at radius 3 is 1.38 bits per heavy atom. The van der Waals surface area contributed by atoms with Crippen LogP contribution in [0.2, 0.25) is 0 Å². The van der Waals surface area contributed by atoms with Crippen molar-refractivity contribution in [3.63, 3.8) is 0 Å². The summed E-state index contributed by atoms with van der Waals surface area (Å²) in [6, 6.07) is -1.16. The van der Waals surface area contributed by atoms with Crippen LogP contribution in [0.5, 0.6) is 0 Å². The van der Waals surface area contributed by atoms with Gasteiger partial charge in [0.15, 0.2) is 0 Å². The van der Waals surface area contributed by atoms with Gasteiger partial charge in [-0.1, -0.05) is 0 Å². The summed E-state index contributed by atoms with van der Waals surface area (Å²) in [7, 11) is -4.64. The number of ketones is 2. The van der Waals surface area contributed by atoms with Gasteiger partial charge < -0.3 is 0 Å². The number of rotatable bonds is 11. The Labute approximate surface area is 156 Å². The molecule has 1 aliphatic heterocycles. The van der Waals surface area contributed by atoms with Gasteiger partial charge in [-0.3, -0.25) is 0 Å². The summed E-state index contributed by atoms with van der Waals surface area (Å²) in [5.74, 6) is -0.763. The molecular formula is C17H33O8P. The van der Waals surface area contributed by atoms with Crippen molar-refractivity contribution in [2.24, 2.45) is 0 Å². The van der Waals surface area contributed by atoms with E-state index in [-0.39, 0.29) is 38.0 Å². The zero-order chi connectivity index (χ0) is 20.3. The third kappa shape index (κ3) is 3.49. The van der Waals surface area contributed by atoms with E-state index < -0.39 is 24.7 Å². The number of carbonyl (C=O) groups is 2. The summed E-state index contributed by atoms with van der Waals surface area (Å²) in [6.07, 6.45) is 0. The maximum absolute atomic E-state index is 12.5. The van der Waals surface area contributed by atoms with Crippen LogP contribution in [-0.4, -0.2) is 55.2 Å². The second kappa shape index (κ2) is 8.27. The first-order chi connectivity index (χ1) is 12.0. The summed E-state index contributed by atoms with van der Waals surface area (Å²) in [5.41, 5.74) is -3.24. The van der Waals surface area contributed by atoms with Crippen molar-refractivity contribution in [1.29, 1.82) is 0 Å². The Morgan fingerprint density at radius 2 is 1.15 bits per heavy atom. The molecule has 1 rings (SSSR count). The molecule has 26 heavy (non-hydrogen) atoms. The van der Waals surface area contributed by atoms with Crippen molar-refractivity contribution >= 4 is 19.1 Å². The first-order valence-corrected chi connectivity index (χ1v) is 11.0. The fourth-order valence-corrected chi connectivity index (χ4v) is 7.42. The monoisotopic (exact) mass is 396 g/mol. The van der Waals surface area contributed by atoms with E-state index in [0.717, 1.165) is 0 Å². The van der Waals surface area contributed by atoms with Gasteiger partial charge in [0.05, 0.1) is 0 Å². The molecular weight excluding hydrogens is 363 g/mol. The van der Waals surface area contributed by atoms with Gasteiger partial charge in [-0.15, -0.1) is 0 Å². The molecule has 154 valence electrons. The first-order valence-electron chi connectivity index (χ1n) is 9.01.